The summed E-state index contributed by atoms with van der Waals surface area (Å²) in [5.74, 6) is 0.976. The first-order valence-electron chi connectivity index (χ1n) is 9.87. The zero-order chi connectivity index (χ0) is 20.2. The number of benzene rings is 1. The first kappa shape index (κ1) is 19.1. The zero-order valence-electron chi connectivity index (χ0n) is 16.0. The average molecular weight is 397 g/mol. The van der Waals surface area contributed by atoms with Crippen LogP contribution in [0.4, 0.5) is 4.79 Å². The summed E-state index contributed by atoms with van der Waals surface area (Å²) in [6.45, 7) is 1.66. The third kappa shape index (κ3) is 4.28. The minimum Gasteiger partial charge on any atom is -0.339 e. The number of hydrogen-bond donors (Lipinski definition) is 1. The van der Waals surface area contributed by atoms with E-state index in [0.29, 0.717) is 24.8 Å². The van der Waals surface area contributed by atoms with E-state index in [0.717, 1.165) is 18.4 Å². The molecule has 1 N–H and O–H groups in total. The SMILES string of the molecule is O=C(NCCN1C(=O)CCC1=O)N1CCC(c2nc(-c3ccccc3)no2)CC1. The number of amides is 4. The van der Waals surface area contributed by atoms with Crippen LogP contribution in [-0.2, 0) is 9.59 Å². The Kier molecular flexibility index (Phi) is 5.55. The van der Waals surface area contributed by atoms with Crippen LogP contribution in [0.3, 0.4) is 0 Å². The van der Waals surface area contributed by atoms with Crippen molar-refractivity contribution in [3.05, 3.63) is 36.2 Å². The van der Waals surface area contributed by atoms with Crippen molar-refractivity contribution in [2.75, 3.05) is 26.2 Å². The molecule has 2 aliphatic heterocycles. The van der Waals surface area contributed by atoms with Gasteiger partial charge in [-0.15, -0.1) is 0 Å². The predicted molar refractivity (Wildman–Crippen MR) is 103 cm³/mol. The maximum absolute atomic E-state index is 12.3. The van der Waals surface area contributed by atoms with Gasteiger partial charge in [-0.05, 0) is 12.8 Å². The smallest absolute Gasteiger partial charge is 0.317 e. The van der Waals surface area contributed by atoms with Gasteiger partial charge in [-0.3, -0.25) is 14.5 Å². The van der Waals surface area contributed by atoms with Crippen molar-refractivity contribution in [1.82, 2.24) is 25.3 Å². The van der Waals surface area contributed by atoms with Crippen molar-refractivity contribution < 1.29 is 18.9 Å². The summed E-state index contributed by atoms with van der Waals surface area (Å²) in [6, 6.07) is 9.48. The fraction of sp³-hybridized carbons (Fsp3) is 0.450. The fourth-order valence-corrected chi connectivity index (χ4v) is 3.69. The molecule has 0 saturated carbocycles. The second-order valence-electron chi connectivity index (χ2n) is 7.25. The van der Waals surface area contributed by atoms with Crippen LogP contribution >= 0.6 is 0 Å². The van der Waals surface area contributed by atoms with Gasteiger partial charge in [-0.1, -0.05) is 35.5 Å². The highest BCUT2D eigenvalue weighted by Crippen LogP contribution is 2.28. The molecule has 3 heterocycles. The number of nitrogens with one attached hydrogen (secondary N) is 1. The molecule has 4 rings (SSSR count). The van der Waals surface area contributed by atoms with E-state index < -0.39 is 0 Å². The number of rotatable bonds is 5. The summed E-state index contributed by atoms with van der Waals surface area (Å²) < 4.78 is 5.45. The van der Waals surface area contributed by atoms with Gasteiger partial charge in [0.15, 0.2) is 0 Å². The zero-order valence-corrected chi connectivity index (χ0v) is 16.0. The molecule has 0 radical (unpaired) electrons. The lowest BCUT2D eigenvalue weighted by molar-refractivity contribution is -0.138. The molecule has 9 heteroatoms. The summed E-state index contributed by atoms with van der Waals surface area (Å²) in [5, 5.41) is 6.86. The maximum Gasteiger partial charge on any atom is 0.317 e. The molecule has 0 spiro atoms. The Morgan fingerprint density at radius 1 is 1.10 bits per heavy atom. The Bertz CT molecular complexity index is 873. The maximum atomic E-state index is 12.3. The van der Waals surface area contributed by atoms with Gasteiger partial charge in [0.2, 0.25) is 23.5 Å². The minimum absolute atomic E-state index is 0.129. The monoisotopic (exact) mass is 397 g/mol. The van der Waals surface area contributed by atoms with Crippen molar-refractivity contribution in [1.29, 1.82) is 0 Å². The Morgan fingerprint density at radius 3 is 2.48 bits per heavy atom. The van der Waals surface area contributed by atoms with Crippen LogP contribution in [0.2, 0.25) is 0 Å². The van der Waals surface area contributed by atoms with E-state index in [9.17, 15) is 14.4 Å². The molecule has 152 valence electrons. The highest BCUT2D eigenvalue weighted by atomic mass is 16.5. The average Bonchev–Trinajstić information content (AvgIpc) is 3.37. The van der Waals surface area contributed by atoms with E-state index in [-0.39, 0.29) is 49.7 Å². The van der Waals surface area contributed by atoms with E-state index in [4.69, 9.17) is 4.52 Å². The number of likely N-dealkylation sites (tertiary alicyclic amines) is 2. The Hall–Kier alpha value is -3.23. The van der Waals surface area contributed by atoms with Crippen LogP contribution < -0.4 is 5.32 Å². The van der Waals surface area contributed by atoms with Gasteiger partial charge in [0.05, 0.1) is 0 Å². The topological polar surface area (TPSA) is 109 Å². The second-order valence-corrected chi connectivity index (χ2v) is 7.25. The van der Waals surface area contributed by atoms with Crippen molar-refractivity contribution >= 4 is 17.8 Å². The van der Waals surface area contributed by atoms with Crippen LogP contribution in [0.5, 0.6) is 0 Å². The Balaban J connectivity index is 1.24. The third-order valence-electron chi connectivity index (χ3n) is 5.37. The molecule has 0 bridgehead atoms. The number of hydrogen-bond acceptors (Lipinski definition) is 6. The molecule has 2 saturated heterocycles. The molecule has 1 aromatic carbocycles. The largest absolute Gasteiger partial charge is 0.339 e. The van der Waals surface area contributed by atoms with Crippen LogP contribution in [-0.4, -0.2) is 64.0 Å². The number of imide groups is 1. The normalized spacial score (nSPS) is 17.8. The molecule has 2 fully saturated rings. The highest BCUT2D eigenvalue weighted by molar-refractivity contribution is 6.01. The van der Waals surface area contributed by atoms with E-state index >= 15 is 0 Å². The van der Waals surface area contributed by atoms with Crippen LogP contribution in [0, 0.1) is 0 Å². The van der Waals surface area contributed by atoms with Gasteiger partial charge < -0.3 is 14.7 Å². The second kappa shape index (κ2) is 8.42. The molecule has 0 unspecified atom stereocenters. The van der Waals surface area contributed by atoms with Gasteiger partial charge >= 0.3 is 6.03 Å². The van der Waals surface area contributed by atoms with Gasteiger partial charge in [0.1, 0.15) is 0 Å². The first-order valence-corrected chi connectivity index (χ1v) is 9.87. The third-order valence-corrected chi connectivity index (χ3v) is 5.37. The van der Waals surface area contributed by atoms with Crippen molar-refractivity contribution in [3.8, 4) is 11.4 Å². The van der Waals surface area contributed by atoms with Crippen LogP contribution in [0.1, 0.15) is 37.5 Å². The molecular formula is C20H23N5O4. The van der Waals surface area contributed by atoms with Crippen LogP contribution in [0.15, 0.2) is 34.9 Å². The van der Waals surface area contributed by atoms with Crippen molar-refractivity contribution in [2.24, 2.45) is 0 Å². The minimum atomic E-state index is -0.182. The summed E-state index contributed by atoms with van der Waals surface area (Å²) in [5.41, 5.74) is 0.911. The van der Waals surface area contributed by atoms with Crippen molar-refractivity contribution in [3.63, 3.8) is 0 Å². The van der Waals surface area contributed by atoms with E-state index in [2.05, 4.69) is 15.5 Å². The Morgan fingerprint density at radius 2 is 1.79 bits per heavy atom. The number of carbonyl (C=O) groups is 3. The molecule has 0 aliphatic carbocycles. The van der Waals surface area contributed by atoms with Gasteiger partial charge in [0.25, 0.3) is 0 Å². The quantitative estimate of drug-likeness (QED) is 0.771. The first-order chi connectivity index (χ1) is 14.1. The molecule has 9 nitrogen and oxygen atoms in total. The molecule has 2 aliphatic rings. The predicted octanol–water partition coefficient (Wildman–Crippen LogP) is 1.77. The molecule has 29 heavy (non-hydrogen) atoms. The number of piperidine rings is 1. The van der Waals surface area contributed by atoms with Gasteiger partial charge in [-0.2, -0.15) is 4.98 Å². The fourth-order valence-electron chi connectivity index (χ4n) is 3.69. The summed E-state index contributed by atoms with van der Waals surface area (Å²) in [7, 11) is 0. The summed E-state index contributed by atoms with van der Waals surface area (Å²) >= 11 is 0. The number of aromatic nitrogens is 2. The lowest BCUT2D eigenvalue weighted by Crippen LogP contribution is -2.46. The molecule has 2 aromatic rings. The molecule has 1 aromatic heterocycles. The summed E-state index contributed by atoms with van der Waals surface area (Å²) in [4.78, 5) is 43.0. The number of urea groups is 1. The lowest BCUT2D eigenvalue weighted by atomic mass is 9.97. The van der Waals surface area contributed by atoms with Gasteiger partial charge in [-0.25, -0.2) is 4.79 Å². The van der Waals surface area contributed by atoms with E-state index in [1.807, 2.05) is 30.3 Å². The number of carbonyl (C=O) groups excluding carboxylic acids is 3. The van der Waals surface area contributed by atoms with E-state index in [1.165, 1.54) is 4.90 Å². The molecule has 0 atom stereocenters. The number of nitrogens with zero attached hydrogens (tertiary/aromatic N) is 4. The van der Waals surface area contributed by atoms with Crippen molar-refractivity contribution in [2.45, 2.75) is 31.6 Å². The Labute approximate surface area is 168 Å². The lowest BCUT2D eigenvalue weighted by Gasteiger charge is -2.30. The van der Waals surface area contributed by atoms with Gasteiger partial charge in [0, 0.05) is 50.5 Å². The molecule has 4 amide bonds. The standard InChI is InChI=1S/C20H23N5O4/c26-16-6-7-17(27)25(16)13-10-21-20(28)24-11-8-15(9-12-24)19-22-18(23-29-19)14-4-2-1-3-5-14/h1-5,15H,6-13H2,(H,21,28). The van der Waals surface area contributed by atoms with E-state index in [1.54, 1.807) is 4.90 Å². The van der Waals surface area contributed by atoms with Crippen LogP contribution in [0.25, 0.3) is 11.4 Å². The summed E-state index contributed by atoms with van der Waals surface area (Å²) in [6.07, 6.45) is 2.02. The highest BCUT2D eigenvalue weighted by Gasteiger charge is 2.30. The molecular weight excluding hydrogens is 374 g/mol.